The summed E-state index contributed by atoms with van der Waals surface area (Å²) < 4.78 is 7.29. The number of carbonyl (C=O) groups excluding carboxylic acids is 1. The molecule has 0 radical (unpaired) electrons. The first-order valence-electron chi connectivity index (χ1n) is 8.63. The molecule has 0 spiro atoms. The molecule has 0 saturated heterocycles. The SMILES string of the molecule is C=C(C)COc1cccc(NC(=O)N[C@H](CC(C)C)c2ncnn2C)c1. The van der Waals surface area contributed by atoms with Crippen molar-refractivity contribution in [2.24, 2.45) is 13.0 Å². The van der Waals surface area contributed by atoms with E-state index in [-0.39, 0.29) is 12.1 Å². The first kappa shape index (κ1) is 19.5. The number of hydrogen-bond donors (Lipinski definition) is 2. The summed E-state index contributed by atoms with van der Waals surface area (Å²) in [5.74, 6) is 1.81. The van der Waals surface area contributed by atoms with Gasteiger partial charge in [0.2, 0.25) is 0 Å². The van der Waals surface area contributed by atoms with Crippen LogP contribution in [0.15, 0.2) is 42.7 Å². The number of nitrogens with zero attached hydrogens (tertiary/aromatic N) is 3. The van der Waals surface area contributed by atoms with Gasteiger partial charge in [-0.3, -0.25) is 4.68 Å². The van der Waals surface area contributed by atoms with Gasteiger partial charge in [0.25, 0.3) is 0 Å². The fraction of sp³-hybridized carbons (Fsp3) is 0.421. The molecule has 140 valence electrons. The van der Waals surface area contributed by atoms with Crippen LogP contribution in [0.25, 0.3) is 0 Å². The number of benzene rings is 1. The van der Waals surface area contributed by atoms with Gasteiger partial charge in [0.05, 0.1) is 6.04 Å². The molecule has 1 aromatic carbocycles. The summed E-state index contributed by atoms with van der Waals surface area (Å²) in [6.45, 7) is 10.4. The number of aryl methyl sites for hydroxylation is 1. The predicted octanol–water partition coefficient (Wildman–Crippen LogP) is 3.68. The zero-order valence-electron chi connectivity index (χ0n) is 15.8. The first-order valence-corrected chi connectivity index (χ1v) is 8.63. The molecule has 2 aromatic rings. The molecule has 0 fully saturated rings. The summed E-state index contributed by atoms with van der Waals surface area (Å²) in [4.78, 5) is 16.7. The van der Waals surface area contributed by atoms with Crippen LogP contribution in [0.1, 0.15) is 39.1 Å². The lowest BCUT2D eigenvalue weighted by atomic mass is 10.0. The maximum atomic E-state index is 12.5. The van der Waals surface area contributed by atoms with Crippen molar-refractivity contribution >= 4 is 11.7 Å². The van der Waals surface area contributed by atoms with E-state index in [1.165, 1.54) is 6.33 Å². The third kappa shape index (κ3) is 5.91. The Labute approximate surface area is 154 Å². The minimum absolute atomic E-state index is 0.217. The van der Waals surface area contributed by atoms with Crippen LogP contribution >= 0.6 is 0 Å². The third-order valence-corrected chi connectivity index (χ3v) is 3.65. The van der Waals surface area contributed by atoms with Gasteiger partial charge >= 0.3 is 6.03 Å². The molecule has 2 rings (SSSR count). The van der Waals surface area contributed by atoms with Crippen LogP contribution in [0, 0.1) is 5.92 Å². The van der Waals surface area contributed by atoms with Gasteiger partial charge < -0.3 is 15.4 Å². The zero-order chi connectivity index (χ0) is 19.1. The van der Waals surface area contributed by atoms with Crippen LogP contribution < -0.4 is 15.4 Å². The second kappa shape index (κ2) is 9.03. The van der Waals surface area contributed by atoms with Gasteiger partial charge in [-0.2, -0.15) is 5.10 Å². The fourth-order valence-electron chi connectivity index (χ4n) is 2.52. The number of urea groups is 1. The molecule has 0 unspecified atom stereocenters. The van der Waals surface area contributed by atoms with E-state index in [0.29, 0.717) is 24.0 Å². The van der Waals surface area contributed by atoms with Crippen molar-refractivity contribution in [3.05, 3.63) is 48.6 Å². The lowest BCUT2D eigenvalue weighted by molar-refractivity contribution is 0.245. The number of aromatic nitrogens is 3. The first-order chi connectivity index (χ1) is 12.3. The Morgan fingerprint density at radius 3 is 2.77 bits per heavy atom. The second-order valence-corrected chi connectivity index (χ2v) is 6.80. The van der Waals surface area contributed by atoms with Crippen LogP contribution in [0.5, 0.6) is 5.75 Å². The van der Waals surface area contributed by atoms with E-state index < -0.39 is 0 Å². The van der Waals surface area contributed by atoms with E-state index >= 15 is 0 Å². The molecule has 7 nitrogen and oxygen atoms in total. The molecule has 0 bridgehead atoms. The van der Waals surface area contributed by atoms with Gasteiger partial charge in [-0.25, -0.2) is 9.78 Å². The van der Waals surface area contributed by atoms with E-state index in [4.69, 9.17) is 4.74 Å². The van der Waals surface area contributed by atoms with Crippen molar-refractivity contribution in [1.29, 1.82) is 0 Å². The van der Waals surface area contributed by atoms with E-state index in [1.807, 2.05) is 32.2 Å². The van der Waals surface area contributed by atoms with E-state index in [1.54, 1.807) is 10.7 Å². The molecular formula is C19H27N5O2. The Hall–Kier alpha value is -2.83. The highest BCUT2D eigenvalue weighted by Crippen LogP contribution is 2.20. The van der Waals surface area contributed by atoms with Crippen molar-refractivity contribution in [3.8, 4) is 5.75 Å². The van der Waals surface area contributed by atoms with Crippen molar-refractivity contribution in [1.82, 2.24) is 20.1 Å². The molecule has 1 aromatic heterocycles. The van der Waals surface area contributed by atoms with Crippen LogP contribution in [0.3, 0.4) is 0 Å². The normalized spacial score (nSPS) is 11.9. The molecule has 2 N–H and O–H groups in total. The van der Waals surface area contributed by atoms with Gasteiger partial charge in [0.15, 0.2) is 0 Å². The standard InChI is InChI=1S/C19H27N5O2/c1-13(2)9-17(18-20-12-21-24(18)5)23-19(25)22-15-7-6-8-16(10-15)26-11-14(3)4/h6-8,10,12-13,17H,3,9,11H2,1-2,4-5H3,(H2,22,23,25)/t17-/m1/s1. The molecule has 0 aliphatic rings. The van der Waals surface area contributed by atoms with Crippen LogP contribution in [-0.4, -0.2) is 27.4 Å². The molecule has 0 saturated carbocycles. The molecule has 1 heterocycles. The lowest BCUT2D eigenvalue weighted by Crippen LogP contribution is -2.34. The molecule has 0 aliphatic carbocycles. The maximum Gasteiger partial charge on any atom is 0.319 e. The van der Waals surface area contributed by atoms with E-state index in [0.717, 1.165) is 17.8 Å². The average Bonchev–Trinajstić information content (AvgIpc) is 2.98. The average molecular weight is 357 g/mol. The Balaban J connectivity index is 2.02. The van der Waals surface area contributed by atoms with Gasteiger partial charge in [-0.05, 0) is 37.0 Å². The van der Waals surface area contributed by atoms with Crippen LogP contribution in [0.4, 0.5) is 10.5 Å². The number of carbonyl (C=O) groups is 1. The molecule has 2 amide bonds. The molecule has 26 heavy (non-hydrogen) atoms. The van der Waals surface area contributed by atoms with Gasteiger partial charge in [-0.15, -0.1) is 0 Å². The van der Waals surface area contributed by atoms with Crippen molar-refractivity contribution in [2.45, 2.75) is 33.2 Å². The van der Waals surface area contributed by atoms with E-state index in [9.17, 15) is 4.79 Å². The number of ether oxygens (including phenoxy) is 1. The van der Waals surface area contributed by atoms with Crippen molar-refractivity contribution < 1.29 is 9.53 Å². The summed E-state index contributed by atoms with van der Waals surface area (Å²) in [7, 11) is 1.82. The summed E-state index contributed by atoms with van der Waals surface area (Å²) in [6.07, 6.45) is 2.26. The van der Waals surface area contributed by atoms with Crippen LogP contribution in [-0.2, 0) is 7.05 Å². The zero-order valence-corrected chi connectivity index (χ0v) is 15.8. The minimum Gasteiger partial charge on any atom is -0.489 e. The summed E-state index contributed by atoms with van der Waals surface area (Å²) in [5, 5.41) is 9.92. The second-order valence-electron chi connectivity index (χ2n) is 6.80. The topological polar surface area (TPSA) is 81.1 Å². The third-order valence-electron chi connectivity index (χ3n) is 3.65. The van der Waals surface area contributed by atoms with Crippen LogP contribution in [0.2, 0.25) is 0 Å². The molecule has 7 heteroatoms. The maximum absolute atomic E-state index is 12.5. The molecular weight excluding hydrogens is 330 g/mol. The van der Waals surface area contributed by atoms with Gasteiger partial charge in [0.1, 0.15) is 24.5 Å². The largest absolute Gasteiger partial charge is 0.489 e. The quantitative estimate of drug-likeness (QED) is 0.706. The number of nitrogens with one attached hydrogen (secondary N) is 2. The molecule has 1 atom stereocenters. The Morgan fingerprint density at radius 1 is 1.38 bits per heavy atom. The number of hydrogen-bond acceptors (Lipinski definition) is 4. The lowest BCUT2D eigenvalue weighted by Gasteiger charge is -2.20. The minimum atomic E-state index is -0.296. The monoisotopic (exact) mass is 357 g/mol. The van der Waals surface area contributed by atoms with Crippen molar-refractivity contribution in [3.63, 3.8) is 0 Å². The van der Waals surface area contributed by atoms with Crippen molar-refractivity contribution in [2.75, 3.05) is 11.9 Å². The molecule has 0 aliphatic heterocycles. The van der Waals surface area contributed by atoms with E-state index in [2.05, 4.69) is 41.1 Å². The Kier molecular flexibility index (Phi) is 6.77. The highest BCUT2D eigenvalue weighted by molar-refractivity contribution is 5.89. The fourth-order valence-corrected chi connectivity index (χ4v) is 2.52. The smallest absolute Gasteiger partial charge is 0.319 e. The number of amides is 2. The summed E-state index contributed by atoms with van der Waals surface area (Å²) in [6, 6.07) is 6.75. The number of anilines is 1. The Morgan fingerprint density at radius 2 is 2.15 bits per heavy atom. The highest BCUT2D eigenvalue weighted by Gasteiger charge is 2.20. The van der Waals surface area contributed by atoms with Gasteiger partial charge in [-0.1, -0.05) is 26.5 Å². The van der Waals surface area contributed by atoms with Gasteiger partial charge in [0, 0.05) is 18.8 Å². The Bertz CT molecular complexity index is 754. The summed E-state index contributed by atoms with van der Waals surface area (Å²) >= 11 is 0. The number of rotatable bonds is 8. The summed E-state index contributed by atoms with van der Waals surface area (Å²) in [5.41, 5.74) is 1.59. The highest BCUT2D eigenvalue weighted by atomic mass is 16.5. The predicted molar refractivity (Wildman–Crippen MR) is 102 cm³/mol.